The number of carboxylic acids is 1. The number of carbonyl (C=O) groups is 1. The van der Waals surface area contributed by atoms with Crippen LogP contribution in [-0.4, -0.2) is 42.8 Å². The molecule has 0 aliphatic carbocycles. The number of ether oxygens (including phenoxy) is 1. The van der Waals surface area contributed by atoms with Crippen LogP contribution in [0.3, 0.4) is 0 Å². The molecular weight excluding hydrogens is 305 g/mol. The van der Waals surface area contributed by atoms with E-state index in [1.807, 2.05) is 0 Å². The van der Waals surface area contributed by atoms with Crippen LogP contribution in [0.5, 0.6) is 0 Å². The van der Waals surface area contributed by atoms with Gasteiger partial charge in [-0.2, -0.15) is 0 Å². The van der Waals surface area contributed by atoms with E-state index in [9.17, 15) is 9.18 Å². The van der Waals surface area contributed by atoms with Gasteiger partial charge in [0, 0.05) is 20.2 Å². The number of rotatable bonds is 7. The Hall–Kier alpha value is -0.980. The third-order valence-electron chi connectivity index (χ3n) is 2.40. The fourth-order valence-electron chi connectivity index (χ4n) is 1.54. The number of carboxylic acid groups (broad SMARTS) is 1. The Morgan fingerprint density at radius 1 is 1.56 bits per heavy atom. The summed E-state index contributed by atoms with van der Waals surface area (Å²) in [6.45, 7) is 1.16. The first kappa shape index (κ1) is 15.1. The molecule has 1 N–H and O–H groups in total. The first-order chi connectivity index (χ1) is 8.54. The normalized spacial score (nSPS) is 10.9. The van der Waals surface area contributed by atoms with E-state index in [2.05, 4.69) is 15.9 Å². The number of nitrogens with zero attached hydrogens (tertiary/aromatic N) is 1. The van der Waals surface area contributed by atoms with Crippen LogP contribution in [-0.2, 0) is 16.1 Å². The lowest BCUT2D eigenvalue weighted by Gasteiger charge is -2.20. The molecule has 0 bridgehead atoms. The minimum Gasteiger partial charge on any atom is -0.480 e. The molecule has 0 amide bonds. The smallest absolute Gasteiger partial charge is 0.317 e. The van der Waals surface area contributed by atoms with Crippen molar-refractivity contribution < 1.29 is 19.0 Å². The van der Waals surface area contributed by atoms with E-state index in [1.54, 1.807) is 24.1 Å². The summed E-state index contributed by atoms with van der Waals surface area (Å²) in [6, 6.07) is 4.71. The Bertz CT molecular complexity index is 414. The zero-order chi connectivity index (χ0) is 13.5. The summed E-state index contributed by atoms with van der Waals surface area (Å²) in [5.74, 6) is -1.27. The van der Waals surface area contributed by atoms with Gasteiger partial charge in [-0.15, -0.1) is 0 Å². The van der Waals surface area contributed by atoms with Crippen molar-refractivity contribution in [3.8, 4) is 0 Å². The van der Waals surface area contributed by atoms with Crippen LogP contribution >= 0.6 is 15.9 Å². The second-order valence-electron chi connectivity index (χ2n) is 3.81. The molecule has 4 nitrogen and oxygen atoms in total. The minimum absolute atomic E-state index is 0.105. The van der Waals surface area contributed by atoms with E-state index in [1.165, 1.54) is 6.07 Å². The van der Waals surface area contributed by atoms with Crippen LogP contribution in [0.2, 0.25) is 0 Å². The maximum atomic E-state index is 13.3. The predicted octanol–water partition coefficient (Wildman–Crippen LogP) is 2.12. The zero-order valence-corrected chi connectivity index (χ0v) is 11.6. The Morgan fingerprint density at radius 2 is 2.28 bits per heavy atom. The zero-order valence-electron chi connectivity index (χ0n) is 10.0. The van der Waals surface area contributed by atoms with E-state index in [-0.39, 0.29) is 12.4 Å². The van der Waals surface area contributed by atoms with Gasteiger partial charge in [-0.3, -0.25) is 9.69 Å². The van der Waals surface area contributed by atoms with Gasteiger partial charge in [-0.25, -0.2) is 4.39 Å². The molecule has 1 aromatic carbocycles. The minimum atomic E-state index is -0.918. The second kappa shape index (κ2) is 7.45. The standard InChI is InChI=1S/C12H15BrFNO3/c1-18-6-5-15(8-11(16)17)7-9-3-2-4-10(14)12(9)13/h2-4H,5-8H2,1H3,(H,16,17). The Morgan fingerprint density at radius 3 is 2.89 bits per heavy atom. The monoisotopic (exact) mass is 319 g/mol. The van der Waals surface area contributed by atoms with Crippen LogP contribution < -0.4 is 0 Å². The lowest BCUT2D eigenvalue weighted by molar-refractivity contribution is -0.138. The molecule has 100 valence electrons. The van der Waals surface area contributed by atoms with Crippen molar-refractivity contribution in [2.24, 2.45) is 0 Å². The summed E-state index contributed by atoms with van der Waals surface area (Å²) in [5.41, 5.74) is 0.715. The van der Waals surface area contributed by atoms with Gasteiger partial charge in [0.05, 0.1) is 17.6 Å². The summed E-state index contributed by atoms with van der Waals surface area (Å²) in [5, 5.41) is 8.82. The fourth-order valence-corrected chi connectivity index (χ4v) is 1.93. The number of halogens is 2. The maximum Gasteiger partial charge on any atom is 0.317 e. The van der Waals surface area contributed by atoms with Gasteiger partial charge < -0.3 is 9.84 Å². The molecule has 0 aromatic heterocycles. The fraction of sp³-hybridized carbons (Fsp3) is 0.417. The Labute approximate surface area is 113 Å². The second-order valence-corrected chi connectivity index (χ2v) is 4.60. The summed E-state index contributed by atoms with van der Waals surface area (Å²) in [4.78, 5) is 12.4. The molecule has 1 rings (SSSR count). The highest BCUT2D eigenvalue weighted by Gasteiger charge is 2.13. The molecule has 1 aromatic rings. The Kier molecular flexibility index (Phi) is 6.24. The van der Waals surface area contributed by atoms with Crippen LogP contribution in [0.1, 0.15) is 5.56 Å². The maximum absolute atomic E-state index is 13.3. The summed E-state index contributed by atoms with van der Waals surface area (Å²) < 4.78 is 18.6. The highest BCUT2D eigenvalue weighted by atomic mass is 79.9. The molecule has 0 aliphatic heterocycles. The van der Waals surface area contributed by atoms with Crippen LogP contribution in [0.4, 0.5) is 4.39 Å². The first-order valence-corrected chi connectivity index (χ1v) is 6.20. The number of hydrogen-bond donors (Lipinski definition) is 1. The molecule has 0 unspecified atom stereocenters. The largest absolute Gasteiger partial charge is 0.480 e. The topological polar surface area (TPSA) is 49.8 Å². The predicted molar refractivity (Wildman–Crippen MR) is 68.9 cm³/mol. The molecule has 0 fully saturated rings. The summed E-state index contributed by atoms with van der Waals surface area (Å²) >= 11 is 3.16. The molecule has 0 spiro atoms. The highest BCUT2D eigenvalue weighted by molar-refractivity contribution is 9.10. The van der Waals surface area contributed by atoms with Gasteiger partial charge in [-0.05, 0) is 27.6 Å². The van der Waals surface area contributed by atoms with Gasteiger partial charge in [0.15, 0.2) is 0 Å². The molecule has 0 atom stereocenters. The van der Waals surface area contributed by atoms with E-state index < -0.39 is 5.97 Å². The van der Waals surface area contributed by atoms with Gasteiger partial charge in [0.2, 0.25) is 0 Å². The van der Waals surface area contributed by atoms with Crippen LogP contribution in [0.25, 0.3) is 0 Å². The lowest BCUT2D eigenvalue weighted by Crippen LogP contribution is -2.32. The number of methoxy groups -OCH3 is 1. The molecule has 0 saturated heterocycles. The third kappa shape index (κ3) is 4.72. The number of aliphatic carboxylic acids is 1. The van der Waals surface area contributed by atoms with E-state index in [0.717, 1.165) is 0 Å². The molecule has 0 saturated carbocycles. The van der Waals surface area contributed by atoms with Crippen molar-refractivity contribution >= 4 is 21.9 Å². The summed E-state index contributed by atoms with van der Waals surface area (Å²) in [7, 11) is 1.55. The average Bonchev–Trinajstić information content (AvgIpc) is 2.31. The van der Waals surface area contributed by atoms with E-state index >= 15 is 0 Å². The number of hydrogen-bond acceptors (Lipinski definition) is 3. The highest BCUT2D eigenvalue weighted by Crippen LogP contribution is 2.21. The van der Waals surface area contributed by atoms with E-state index in [4.69, 9.17) is 9.84 Å². The molecular formula is C12H15BrFNO3. The van der Waals surface area contributed by atoms with Crippen LogP contribution in [0, 0.1) is 5.82 Å². The molecule has 0 heterocycles. The van der Waals surface area contributed by atoms with Crippen molar-refractivity contribution in [2.45, 2.75) is 6.54 Å². The lowest BCUT2D eigenvalue weighted by atomic mass is 10.2. The third-order valence-corrected chi connectivity index (χ3v) is 3.28. The quantitative estimate of drug-likeness (QED) is 0.836. The Balaban J connectivity index is 2.75. The molecule has 18 heavy (non-hydrogen) atoms. The van der Waals surface area contributed by atoms with Crippen molar-refractivity contribution in [1.29, 1.82) is 0 Å². The molecule has 6 heteroatoms. The van der Waals surface area contributed by atoms with Gasteiger partial charge in [0.25, 0.3) is 0 Å². The summed E-state index contributed by atoms with van der Waals surface area (Å²) in [6.07, 6.45) is 0. The van der Waals surface area contributed by atoms with Gasteiger partial charge in [0.1, 0.15) is 5.82 Å². The molecule has 0 radical (unpaired) electrons. The van der Waals surface area contributed by atoms with Crippen molar-refractivity contribution in [2.75, 3.05) is 26.8 Å². The van der Waals surface area contributed by atoms with Crippen LogP contribution in [0.15, 0.2) is 22.7 Å². The first-order valence-electron chi connectivity index (χ1n) is 5.40. The van der Waals surface area contributed by atoms with Gasteiger partial charge in [-0.1, -0.05) is 12.1 Å². The van der Waals surface area contributed by atoms with Gasteiger partial charge >= 0.3 is 5.97 Å². The van der Waals surface area contributed by atoms with Crippen molar-refractivity contribution in [3.05, 3.63) is 34.1 Å². The van der Waals surface area contributed by atoms with E-state index in [0.29, 0.717) is 29.7 Å². The van der Waals surface area contributed by atoms with Crippen molar-refractivity contribution in [3.63, 3.8) is 0 Å². The van der Waals surface area contributed by atoms with Crippen molar-refractivity contribution in [1.82, 2.24) is 4.90 Å². The molecule has 0 aliphatic rings. The average molecular weight is 320 g/mol. The number of benzene rings is 1. The SMILES string of the molecule is COCCN(CC(=O)O)Cc1cccc(F)c1Br.